The number of carboxylic acid groups (broad SMARTS) is 1. The smallest absolute Gasteiger partial charge is 0.326 e. The van der Waals surface area contributed by atoms with Crippen molar-refractivity contribution >= 4 is 17.7 Å². The third-order valence-corrected chi connectivity index (χ3v) is 5.21. The van der Waals surface area contributed by atoms with Crippen LogP contribution in [0.4, 0.5) is 0 Å². The summed E-state index contributed by atoms with van der Waals surface area (Å²) in [5.74, 6) is -1.46. The van der Waals surface area contributed by atoms with Crippen molar-refractivity contribution in [2.45, 2.75) is 104 Å². The fourth-order valence-corrected chi connectivity index (χ4v) is 3.02. The molecule has 3 N–H and O–H groups in total. The van der Waals surface area contributed by atoms with Crippen LogP contribution in [0.5, 0.6) is 0 Å². The van der Waals surface area contributed by atoms with Gasteiger partial charge in [-0.25, -0.2) is 4.79 Å². The summed E-state index contributed by atoms with van der Waals surface area (Å²) in [5, 5.41) is 21.7. The number of ketones is 1. The van der Waals surface area contributed by atoms with Gasteiger partial charge in [0.05, 0.1) is 0 Å². The SMILES string of the molecule is CC/C=C\C/C=C\CC(=O)C(O)CCCCCCCC(=O)N[C@@H](C(=O)O)[C@H](C)CC. The predicted molar refractivity (Wildman–Crippen MR) is 120 cm³/mol. The summed E-state index contributed by atoms with van der Waals surface area (Å²) in [6.07, 6.45) is 14.7. The minimum Gasteiger partial charge on any atom is -0.480 e. The molecule has 1 amide bonds. The number of aliphatic hydroxyl groups is 1. The van der Waals surface area contributed by atoms with Gasteiger partial charge in [0, 0.05) is 12.8 Å². The van der Waals surface area contributed by atoms with Crippen molar-refractivity contribution in [3.8, 4) is 0 Å². The predicted octanol–water partition coefficient (Wildman–Crippen LogP) is 4.57. The van der Waals surface area contributed by atoms with Crippen molar-refractivity contribution in [1.82, 2.24) is 5.32 Å². The van der Waals surface area contributed by atoms with Gasteiger partial charge in [0.2, 0.25) is 5.91 Å². The summed E-state index contributed by atoms with van der Waals surface area (Å²) < 4.78 is 0. The Hall–Kier alpha value is -1.95. The quantitative estimate of drug-likeness (QED) is 0.221. The number of amides is 1. The number of carboxylic acids is 1. The average molecular weight is 424 g/mol. The first-order valence-corrected chi connectivity index (χ1v) is 11.4. The Morgan fingerprint density at radius 3 is 2.20 bits per heavy atom. The minimum atomic E-state index is -0.991. The van der Waals surface area contributed by atoms with E-state index in [0.29, 0.717) is 25.7 Å². The van der Waals surface area contributed by atoms with Crippen LogP contribution in [-0.2, 0) is 14.4 Å². The standard InChI is InChI=1S/C24H41NO5/c1-4-6-7-8-10-13-16-20(26)21(27)17-14-11-9-12-15-18-22(28)25-23(24(29)30)19(3)5-2/h6-7,10,13,19,21,23,27H,4-5,8-9,11-12,14-18H2,1-3H3,(H,25,28)(H,29,30)/b7-6-,13-10-/t19-,21?,23-/m1/s1. The van der Waals surface area contributed by atoms with Crippen molar-refractivity contribution < 1.29 is 24.6 Å². The molecule has 0 radical (unpaired) electrons. The molecule has 0 saturated heterocycles. The maximum absolute atomic E-state index is 11.9. The molecule has 0 aromatic carbocycles. The van der Waals surface area contributed by atoms with Crippen LogP contribution in [0.25, 0.3) is 0 Å². The summed E-state index contributed by atoms with van der Waals surface area (Å²) in [7, 11) is 0. The van der Waals surface area contributed by atoms with Crippen LogP contribution in [0.1, 0.15) is 91.4 Å². The van der Waals surface area contributed by atoms with Crippen LogP contribution < -0.4 is 5.32 Å². The molecule has 0 aliphatic rings. The number of aliphatic hydroxyl groups excluding tert-OH is 1. The second-order valence-corrected chi connectivity index (χ2v) is 7.85. The third-order valence-electron chi connectivity index (χ3n) is 5.21. The van der Waals surface area contributed by atoms with E-state index in [9.17, 15) is 24.6 Å². The Morgan fingerprint density at radius 2 is 1.57 bits per heavy atom. The van der Waals surface area contributed by atoms with Crippen molar-refractivity contribution in [3.05, 3.63) is 24.3 Å². The summed E-state index contributed by atoms with van der Waals surface area (Å²) in [5.41, 5.74) is 0. The molecule has 0 rings (SSSR count). The first-order valence-electron chi connectivity index (χ1n) is 11.4. The van der Waals surface area contributed by atoms with E-state index < -0.39 is 18.1 Å². The first kappa shape index (κ1) is 28.1. The van der Waals surface area contributed by atoms with Gasteiger partial charge < -0.3 is 15.5 Å². The van der Waals surface area contributed by atoms with E-state index in [0.717, 1.165) is 38.5 Å². The summed E-state index contributed by atoms with van der Waals surface area (Å²) >= 11 is 0. The van der Waals surface area contributed by atoms with Crippen LogP contribution in [0.3, 0.4) is 0 Å². The van der Waals surface area contributed by atoms with Crippen LogP contribution >= 0.6 is 0 Å². The Balaban J connectivity index is 3.83. The molecule has 6 heteroatoms. The highest BCUT2D eigenvalue weighted by Gasteiger charge is 2.24. The van der Waals surface area contributed by atoms with E-state index in [1.54, 1.807) is 0 Å². The van der Waals surface area contributed by atoms with E-state index in [1.807, 2.05) is 26.0 Å². The van der Waals surface area contributed by atoms with Gasteiger partial charge in [-0.3, -0.25) is 9.59 Å². The highest BCUT2D eigenvalue weighted by atomic mass is 16.4. The lowest BCUT2D eigenvalue weighted by Crippen LogP contribution is -2.44. The van der Waals surface area contributed by atoms with Gasteiger partial charge in [0.25, 0.3) is 0 Å². The van der Waals surface area contributed by atoms with Crippen LogP contribution in [-0.4, -0.2) is 40.0 Å². The van der Waals surface area contributed by atoms with Gasteiger partial charge in [-0.05, 0) is 31.6 Å². The van der Waals surface area contributed by atoms with E-state index >= 15 is 0 Å². The number of carbonyl (C=O) groups excluding carboxylic acids is 2. The number of unbranched alkanes of at least 4 members (excludes halogenated alkanes) is 4. The van der Waals surface area contributed by atoms with Crippen LogP contribution in [0.15, 0.2) is 24.3 Å². The molecule has 172 valence electrons. The lowest BCUT2D eigenvalue weighted by Gasteiger charge is -2.20. The minimum absolute atomic E-state index is 0.103. The van der Waals surface area contributed by atoms with Gasteiger partial charge in [0.1, 0.15) is 12.1 Å². The molecular weight excluding hydrogens is 382 g/mol. The van der Waals surface area contributed by atoms with Gasteiger partial charge in [-0.1, -0.05) is 77.2 Å². The molecule has 3 atom stereocenters. The number of allylic oxidation sites excluding steroid dienone is 4. The molecule has 0 spiro atoms. The van der Waals surface area contributed by atoms with Crippen molar-refractivity contribution in [1.29, 1.82) is 0 Å². The number of rotatable bonds is 18. The maximum Gasteiger partial charge on any atom is 0.326 e. The summed E-state index contributed by atoms with van der Waals surface area (Å²) in [6.45, 7) is 5.79. The van der Waals surface area contributed by atoms with Gasteiger partial charge in [0.15, 0.2) is 5.78 Å². The van der Waals surface area contributed by atoms with Crippen LogP contribution in [0.2, 0.25) is 0 Å². The van der Waals surface area contributed by atoms with Crippen molar-refractivity contribution in [2.75, 3.05) is 0 Å². The number of aliphatic carboxylic acids is 1. The zero-order valence-corrected chi connectivity index (χ0v) is 18.9. The molecule has 0 heterocycles. The highest BCUT2D eigenvalue weighted by molar-refractivity contribution is 5.84. The van der Waals surface area contributed by atoms with Crippen molar-refractivity contribution in [2.24, 2.45) is 5.92 Å². The summed E-state index contributed by atoms with van der Waals surface area (Å²) in [4.78, 5) is 35.0. The Labute approximate surface area is 181 Å². The monoisotopic (exact) mass is 423 g/mol. The lowest BCUT2D eigenvalue weighted by atomic mass is 9.99. The van der Waals surface area contributed by atoms with E-state index in [1.165, 1.54) is 0 Å². The van der Waals surface area contributed by atoms with Gasteiger partial charge >= 0.3 is 5.97 Å². The maximum atomic E-state index is 11.9. The Bertz CT molecular complexity index is 556. The zero-order valence-electron chi connectivity index (χ0n) is 18.9. The van der Waals surface area contributed by atoms with Crippen LogP contribution in [0, 0.1) is 5.92 Å². The number of nitrogens with one attached hydrogen (secondary N) is 1. The second kappa shape index (κ2) is 17.9. The number of carbonyl (C=O) groups is 3. The molecule has 0 aromatic heterocycles. The normalized spacial score (nSPS) is 14.7. The zero-order chi connectivity index (χ0) is 22.8. The molecule has 30 heavy (non-hydrogen) atoms. The van der Waals surface area contributed by atoms with Gasteiger partial charge in [-0.2, -0.15) is 0 Å². The molecule has 0 aromatic rings. The largest absolute Gasteiger partial charge is 0.480 e. The third kappa shape index (κ3) is 14.1. The molecule has 0 aliphatic carbocycles. The molecule has 6 nitrogen and oxygen atoms in total. The van der Waals surface area contributed by atoms with E-state index in [-0.39, 0.29) is 24.0 Å². The number of hydrogen-bond acceptors (Lipinski definition) is 4. The van der Waals surface area contributed by atoms with Crippen molar-refractivity contribution in [3.63, 3.8) is 0 Å². The average Bonchev–Trinajstić information content (AvgIpc) is 2.72. The Kier molecular flexibility index (Phi) is 16.7. The molecule has 0 fully saturated rings. The molecule has 0 bridgehead atoms. The lowest BCUT2D eigenvalue weighted by molar-refractivity contribution is -0.143. The molecule has 1 unspecified atom stereocenters. The Morgan fingerprint density at radius 1 is 0.933 bits per heavy atom. The topological polar surface area (TPSA) is 104 Å². The van der Waals surface area contributed by atoms with Gasteiger partial charge in [-0.15, -0.1) is 0 Å². The van der Waals surface area contributed by atoms with E-state index in [2.05, 4.69) is 24.4 Å². The molecule has 0 saturated carbocycles. The number of hydrogen-bond donors (Lipinski definition) is 3. The summed E-state index contributed by atoms with van der Waals surface area (Å²) in [6, 6.07) is -0.829. The number of Topliss-reactive ketones (excluding diaryl/α,β-unsaturated/α-hetero) is 1. The second-order valence-electron chi connectivity index (χ2n) is 7.85. The van der Waals surface area contributed by atoms with E-state index in [4.69, 9.17) is 0 Å². The fraction of sp³-hybridized carbons (Fsp3) is 0.708. The first-order chi connectivity index (χ1) is 14.3. The molecular formula is C24H41NO5. The highest BCUT2D eigenvalue weighted by Crippen LogP contribution is 2.12. The fourth-order valence-electron chi connectivity index (χ4n) is 3.02. The molecule has 0 aliphatic heterocycles.